The van der Waals surface area contributed by atoms with Crippen LogP contribution in [0.3, 0.4) is 0 Å². The van der Waals surface area contributed by atoms with Crippen LogP contribution in [0.4, 0.5) is 4.39 Å². The lowest BCUT2D eigenvalue weighted by molar-refractivity contribution is 0.285. The van der Waals surface area contributed by atoms with E-state index in [1.807, 2.05) is 6.92 Å². The Morgan fingerprint density at radius 3 is 2.76 bits per heavy atom. The third-order valence-electron chi connectivity index (χ3n) is 2.99. The zero-order valence-electron chi connectivity index (χ0n) is 9.99. The summed E-state index contributed by atoms with van der Waals surface area (Å²) >= 11 is 0. The van der Waals surface area contributed by atoms with Gasteiger partial charge in [0.25, 0.3) is 0 Å². The highest BCUT2D eigenvalue weighted by Crippen LogP contribution is 2.31. The number of halogens is 2. The molecule has 1 aliphatic carbocycles. The molecule has 0 heterocycles. The van der Waals surface area contributed by atoms with Gasteiger partial charge < -0.3 is 10.5 Å². The van der Waals surface area contributed by atoms with Gasteiger partial charge in [0.2, 0.25) is 0 Å². The van der Waals surface area contributed by atoms with E-state index in [1.54, 1.807) is 12.1 Å². The van der Waals surface area contributed by atoms with E-state index in [1.165, 1.54) is 18.9 Å². The lowest BCUT2D eigenvalue weighted by Crippen LogP contribution is -2.09. The Bertz CT molecular complexity index is 368. The molecule has 17 heavy (non-hydrogen) atoms. The van der Waals surface area contributed by atoms with Crippen molar-refractivity contribution in [2.24, 2.45) is 11.7 Å². The Kier molecular flexibility index (Phi) is 5.22. The Morgan fingerprint density at radius 2 is 2.18 bits per heavy atom. The number of ether oxygens (including phenoxy) is 1. The van der Waals surface area contributed by atoms with Crippen LogP contribution in [0.1, 0.15) is 37.8 Å². The molecule has 0 bridgehead atoms. The molecule has 0 saturated heterocycles. The molecular formula is C13H19ClFNO. The molecular weight excluding hydrogens is 241 g/mol. The fourth-order valence-corrected chi connectivity index (χ4v) is 1.59. The Morgan fingerprint density at radius 1 is 1.47 bits per heavy atom. The van der Waals surface area contributed by atoms with Gasteiger partial charge in [0.15, 0.2) is 11.6 Å². The number of benzene rings is 1. The zero-order valence-corrected chi connectivity index (χ0v) is 10.8. The van der Waals surface area contributed by atoms with E-state index in [-0.39, 0.29) is 24.3 Å². The SMILES string of the molecule is CC[C@@H](N)c1ccc(F)c(OCC2CC2)c1.Cl. The lowest BCUT2D eigenvalue weighted by atomic mass is 10.1. The van der Waals surface area contributed by atoms with Gasteiger partial charge in [0.1, 0.15) is 0 Å². The van der Waals surface area contributed by atoms with Gasteiger partial charge >= 0.3 is 0 Å². The molecule has 1 aromatic rings. The molecule has 1 aliphatic rings. The first-order valence-electron chi connectivity index (χ1n) is 5.88. The first-order chi connectivity index (χ1) is 7.70. The normalized spacial score (nSPS) is 16.2. The number of hydrogen-bond donors (Lipinski definition) is 1. The first-order valence-corrected chi connectivity index (χ1v) is 5.88. The zero-order chi connectivity index (χ0) is 11.5. The number of hydrogen-bond acceptors (Lipinski definition) is 2. The predicted molar refractivity (Wildman–Crippen MR) is 69.1 cm³/mol. The lowest BCUT2D eigenvalue weighted by Gasteiger charge is -2.12. The average Bonchev–Trinajstić information content (AvgIpc) is 3.11. The van der Waals surface area contributed by atoms with Gasteiger partial charge in [0, 0.05) is 6.04 Å². The summed E-state index contributed by atoms with van der Waals surface area (Å²) in [6.45, 7) is 2.64. The molecule has 2 N–H and O–H groups in total. The van der Waals surface area contributed by atoms with E-state index >= 15 is 0 Å². The highest BCUT2D eigenvalue weighted by Gasteiger charge is 2.22. The molecule has 4 heteroatoms. The van der Waals surface area contributed by atoms with Crippen LogP contribution in [-0.4, -0.2) is 6.61 Å². The van der Waals surface area contributed by atoms with Crippen molar-refractivity contribution in [3.63, 3.8) is 0 Å². The third-order valence-corrected chi connectivity index (χ3v) is 2.99. The minimum Gasteiger partial charge on any atom is -0.490 e. The van der Waals surface area contributed by atoms with Crippen LogP contribution in [0.2, 0.25) is 0 Å². The van der Waals surface area contributed by atoms with Crippen LogP contribution in [0.15, 0.2) is 18.2 Å². The summed E-state index contributed by atoms with van der Waals surface area (Å²) in [6, 6.07) is 4.86. The Hall–Kier alpha value is -0.800. The molecule has 0 radical (unpaired) electrons. The minimum absolute atomic E-state index is 0. The molecule has 0 aromatic heterocycles. The third kappa shape index (κ3) is 3.86. The molecule has 1 atom stereocenters. The summed E-state index contributed by atoms with van der Waals surface area (Å²) < 4.78 is 18.9. The molecule has 1 aromatic carbocycles. The summed E-state index contributed by atoms with van der Waals surface area (Å²) in [6.07, 6.45) is 3.25. The largest absolute Gasteiger partial charge is 0.490 e. The van der Waals surface area contributed by atoms with Gasteiger partial charge in [-0.2, -0.15) is 0 Å². The van der Waals surface area contributed by atoms with Crippen molar-refractivity contribution >= 4 is 12.4 Å². The number of rotatable bonds is 5. The van der Waals surface area contributed by atoms with Gasteiger partial charge in [-0.3, -0.25) is 0 Å². The van der Waals surface area contributed by atoms with E-state index in [2.05, 4.69) is 0 Å². The summed E-state index contributed by atoms with van der Waals surface area (Å²) in [5.41, 5.74) is 6.84. The molecule has 0 unspecified atom stereocenters. The van der Waals surface area contributed by atoms with Crippen molar-refractivity contribution in [1.29, 1.82) is 0 Å². The second-order valence-electron chi connectivity index (χ2n) is 4.46. The maximum atomic E-state index is 13.4. The van der Waals surface area contributed by atoms with Gasteiger partial charge in [-0.1, -0.05) is 13.0 Å². The summed E-state index contributed by atoms with van der Waals surface area (Å²) in [5, 5.41) is 0. The van der Waals surface area contributed by atoms with Crippen LogP contribution in [0.25, 0.3) is 0 Å². The molecule has 0 amide bonds. The van der Waals surface area contributed by atoms with Crippen LogP contribution in [0.5, 0.6) is 5.75 Å². The van der Waals surface area contributed by atoms with Crippen LogP contribution in [0, 0.1) is 11.7 Å². The summed E-state index contributed by atoms with van der Waals surface area (Å²) in [7, 11) is 0. The second kappa shape index (κ2) is 6.22. The van der Waals surface area contributed by atoms with Crippen molar-refractivity contribution in [1.82, 2.24) is 0 Å². The first kappa shape index (κ1) is 14.3. The van der Waals surface area contributed by atoms with Gasteiger partial charge in [-0.15, -0.1) is 12.4 Å². The van der Waals surface area contributed by atoms with E-state index < -0.39 is 0 Å². The summed E-state index contributed by atoms with van der Waals surface area (Å²) in [4.78, 5) is 0. The monoisotopic (exact) mass is 259 g/mol. The van der Waals surface area contributed by atoms with E-state index in [4.69, 9.17) is 10.5 Å². The van der Waals surface area contributed by atoms with Gasteiger partial charge in [-0.05, 0) is 42.9 Å². The molecule has 1 fully saturated rings. The van der Waals surface area contributed by atoms with Gasteiger partial charge in [-0.25, -0.2) is 4.39 Å². The van der Waals surface area contributed by atoms with Crippen molar-refractivity contribution in [2.75, 3.05) is 6.61 Å². The topological polar surface area (TPSA) is 35.2 Å². The molecule has 0 spiro atoms. The molecule has 96 valence electrons. The highest BCUT2D eigenvalue weighted by molar-refractivity contribution is 5.85. The van der Waals surface area contributed by atoms with Crippen molar-refractivity contribution in [3.8, 4) is 5.75 Å². The van der Waals surface area contributed by atoms with Crippen LogP contribution < -0.4 is 10.5 Å². The van der Waals surface area contributed by atoms with Gasteiger partial charge in [0.05, 0.1) is 6.61 Å². The number of nitrogens with two attached hydrogens (primary N) is 1. The maximum Gasteiger partial charge on any atom is 0.165 e. The van der Waals surface area contributed by atoms with Crippen molar-refractivity contribution in [3.05, 3.63) is 29.6 Å². The quantitative estimate of drug-likeness (QED) is 0.879. The van der Waals surface area contributed by atoms with Crippen LogP contribution >= 0.6 is 12.4 Å². The second-order valence-corrected chi connectivity index (χ2v) is 4.46. The summed E-state index contributed by atoms with van der Waals surface area (Å²) in [5.74, 6) is 0.670. The van der Waals surface area contributed by atoms with E-state index in [0.29, 0.717) is 18.3 Å². The van der Waals surface area contributed by atoms with Crippen LogP contribution in [-0.2, 0) is 0 Å². The van der Waals surface area contributed by atoms with Crippen molar-refractivity contribution < 1.29 is 9.13 Å². The molecule has 0 aliphatic heterocycles. The standard InChI is InChI=1S/C13H18FNO.ClH/c1-2-12(15)10-5-6-11(14)13(7-10)16-8-9-3-4-9;/h5-7,9,12H,2-4,8,15H2,1H3;1H/t12-;/m1./s1. The fraction of sp³-hybridized carbons (Fsp3) is 0.538. The highest BCUT2D eigenvalue weighted by atomic mass is 35.5. The minimum atomic E-state index is -0.298. The molecule has 2 rings (SSSR count). The van der Waals surface area contributed by atoms with E-state index in [0.717, 1.165) is 12.0 Å². The van der Waals surface area contributed by atoms with Crippen molar-refractivity contribution in [2.45, 2.75) is 32.2 Å². The Balaban J connectivity index is 0.00000144. The maximum absolute atomic E-state index is 13.4. The fourth-order valence-electron chi connectivity index (χ4n) is 1.59. The van der Waals surface area contributed by atoms with E-state index in [9.17, 15) is 4.39 Å². The Labute approximate surface area is 108 Å². The smallest absolute Gasteiger partial charge is 0.165 e. The molecule has 1 saturated carbocycles. The average molecular weight is 260 g/mol. The molecule has 2 nitrogen and oxygen atoms in total. The predicted octanol–water partition coefficient (Wildman–Crippen LogP) is 3.45.